The standard InChI is InChI=1S/C15H12ClFN2S/c1-8-3-4-10(6-11(8)16)19-14-5-9(2)12(17)7-13(14)18-15(19)20/h3-7H,1-2H3,(H,18,20). The first kappa shape index (κ1) is 13.3. The van der Waals surface area contributed by atoms with Crippen molar-refractivity contribution in [3.8, 4) is 5.69 Å². The largest absolute Gasteiger partial charge is 0.330 e. The lowest BCUT2D eigenvalue weighted by Gasteiger charge is -2.07. The smallest absolute Gasteiger partial charge is 0.182 e. The molecule has 1 heterocycles. The van der Waals surface area contributed by atoms with E-state index in [1.165, 1.54) is 6.07 Å². The van der Waals surface area contributed by atoms with Crippen LogP contribution in [-0.4, -0.2) is 9.55 Å². The van der Waals surface area contributed by atoms with Crippen LogP contribution in [0.15, 0.2) is 30.3 Å². The zero-order chi connectivity index (χ0) is 14.4. The van der Waals surface area contributed by atoms with E-state index >= 15 is 0 Å². The Hall–Kier alpha value is -1.65. The second kappa shape index (κ2) is 4.72. The van der Waals surface area contributed by atoms with Crippen LogP contribution in [0.3, 0.4) is 0 Å². The number of nitrogens with one attached hydrogen (secondary N) is 1. The second-order valence-corrected chi connectivity index (χ2v) is 5.61. The third-order valence-electron chi connectivity index (χ3n) is 3.38. The maximum absolute atomic E-state index is 13.6. The first-order chi connectivity index (χ1) is 9.47. The lowest BCUT2D eigenvalue weighted by molar-refractivity contribution is 0.620. The molecule has 0 aliphatic carbocycles. The lowest BCUT2D eigenvalue weighted by atomic mass is 10.2. The van der Waals surface area contributed by atoms with Crippen molar-refractivity contribution in [3.63, 3.8) is 0 Å². The van der Waals surface area contributed by atoms with Crippen LogP contribution in [0, 0.1) is 24.4 Å². The van der Waals surface area contributed by atoms with Gasteiger partial charge in [0.15, 0.2) is 4.77 Å². The summed E-state index contributed by atoms with van der Waals surface area (Å²) in [6.07, 6.45) is 0. The number of rotatable bonds is 1. The number of halogens is 2. The third kappa shape index (κ3) is 2.05. The van der Waals surface area contributed by atoms with E-state index in [1.807, 2.05) is 29.7 Å². The molecule has 0 saturated carbocycles. The highest BCUT2D eigenvalue weighted by molar-refractivity contribution is 7.71. The Kier molecular flexibility index (Phi) is 3.15. The number of aromatic amines is 1. The summed E-state index contributed by atoms with van der Waals surface area (Å²) in [5.41, 5.74) is 3.97. The number of H-pyrrole nitrogens is 1. The van der Waals surface area contributed by atoms with E-state index in [2.05, 4.69) is 4.98 Å². The van der Waals surface area contributed by atoms with Gasteiger partial charge >= 0.3 is 0 Å². The van der Waals surface area contributed by atoms with Gasteiger partial charge in [-0.15, -0.1) is 0 Å². The monoisotopic (exact) mass is 306 g/mol. The molecule has 0 bridgehead atoms. The molecule has 5 heteroatoms. The van der Waals surface area contributed by atoms with Crippen molar-refractivity contribution in [1.29, 1.82) is 0 Å². The Bertz CT molecular complexity index is 879. The molecule has 2 aromatic carbocycles. The van der Waals surface area contributed by atoms with Gasteiger partial charge in [-0.3, -0.25) is 4.57 Å². The van der Waals surface area contributed by atoms with Crippen molar-refractivity contribution < 1.29 is 4.39 Å². The van der Waals surface area contributed by atoms with Crippen LogP contribution < -0.4 is 0 Å². The zero-order valence-electron chi connectivity index (χ0n) is 11.0. The summed E-state index contributed by atoms with van der Waals surface area (Å²) < 4.78 is 16.0. The fraction of sp³-hybridized carbons (Fsp3) is 0.133. The molecule has 0 fully saturated rings. The summed E-state index contributed by atoms with van der Waals surface area (Å²) in [4.78, 5) is 3.02. The molecular formula is C15H12ClFN2S. The molecule has 3 aromatic rings. The van der Waals surface area contributed by atoms with Gasteiger partial charge in [0.05, 0.1) is 11.0 Å². The molecule has 102 valence electrons. The normalized spacial score (nSPS) is 11.2. The predicted molar refractivity (Wildman–Crippen MR) is 82.9 cm³/mol. The fourth-order valence-corrected chi connectivity index (χ4v) is 2.70. The maximum atomic E-state index is 13.6. The molecule has 0 atom stereocenters. The lowest BCUT2D eigenvalue weighted by Crippen LogP contribution is -1.95. The third-order valence-corrected chi connectivity index (χ3v) is 4.07. The van der Waals surface area contributed by atoms with Gasteiger partial charge in [-0.25, -0.2) is 4.39 Å². The van der Waals surface area contributed by atoms with E-state index in [4.69, 9.17) is 23.8 Å². The van der Waals surface area contributed by atoms with Crippen LogP contribution >= 0.6 is 23.8 Å². The van der Waals surface area contributed by atoms with E-state index < -0.39 is 0 Å². The molecule has 0 saturated heterocycles. The number of aromatic nitrogens is 2. The van der Waals surface area contributed by atoms with Crippen LogP contribution in [0.25, 0.3) is 16.7 Å². The van der Waals surface area contributed by atoms with Gasteiger partial charge < -0.3 is 4.98 Å². The summed E-state index contributed by atoms with van der Waals surface area (Å²) in [7, 11) is 0. The van der Waals surface area contributed by atoms with E-state index in [-0.39, 0.29) is 5.82 Å². The molecule has 0 aliphatic heterocycles. The number of hydrogen-bond acceptors (Lipinski definition) is 1. The number of hydrogen-bond donors (Lipinski definition) is 1. The van der Waals surface area contributed by atoms with Gasteiger partial charge in [0.1, 0.15) is 5.82 Å². The molecule has 20 heavy (non-hydrogen) atoms. The summed E-state index contributed by atoms with van der Waals surface area (Å²) in [6, 6.07) is 8.99. The molecule has 1 aromatic heterocycles. The average molecular weight is 307 g/mol. The van der Waals surface area contributed by atoms with Gasteiger partial charge in [-0.2, -0.15) is 0 Å². The molecule has 3 rings (SSSR count). The first-order valence-corrected chi connectivity index (χ1v) is 6.93. The SMILES string of the molecule is Cc1cc2c(cc1F)[nH]c(=S)n2-c1ccc(C)c(Cl)c1. The van der Waals surface area contributed by atoms with Crippen LogP contribution in [-0.2, 0) is 0 Å². The minimum absolute atomic E-state index is 0.247. The molecule has 0 spiro atoms. The van der Waals surface area contributed by atoms with E-state index in [0.717, 1.165) is 16.8 Å². The van der Waals surface area contributed by atoms with Crippen molar-refractivity contribution in [2.75, 3.05) is 0 Å². The van der Waals surface area contributed by atoms with Crippen LogP contribution in [0.1, 0.15) is 11.1 Å². The topological polar surface area (TPSA) is 20.7 Å². The molecule has 0 amide bonds. The molecular weight excluding hydrogens is 295 g/mol. The minimum Gasteiger partial charge on any atom is -0.330 e. The van der Waals surface area contributed by atoms with Crippen molar-refractivity contribution >= 4 is 34.9 Å². The van der Waals surface area contributed by atoms with Crippen molar-refractivity contribution in [2.24, 2.45) is 0 Å². The summed E-state index contributed by atoms with van der Waals surface area (Å²) >= 11 is 11.5. The number of imidazole rings is 1. The second-order valence-electron chi connectivity index (χ2n) is 4.82. The van der Waals surface area contributed by atoms with Gasteiger partial charge in [0.2, 0.25) is 0 Å². The van der Waals surface area contributed by atoms with Gasteiger partial charge in [-0.1, -0.05) is 17.7 Å². The number of aryl methyl sites for hydroxylation is 2. The van der Waals surface area contributed by atoms with Crippen LogP contribution in [0.4, 0.5) is 4.39 Å². The molecule has 0 unspecified atom stereocenters. The number of benzene rings is 2. The van der Waals surface area contributed by atoms with E-state index in [1.54, 1.807) is 13.0 Å². The number of fused-ring (bicyclic) bond motifs is 1. The molecule has 2 nitrogen and oxygen atoms in total. The quantitative estimate of drug-likeness (QED) is 0.620. The fourth-order valence-electron chi connectivity index (χ4n) is 2.21. The Morgan fingerprint density at radius 1 is 1.15 bits per heavy atom. The van der Waals surface area contributed by atoms with Crippen molar-refractivity contribution in [2.45, 2.75) is 13.8 Å². The van der Waals surface area contributed by atoms with Crippen LogP contribution in [0.5, 0.6) is 0 Å². The zero-order valence-corrected chi connectivity index (χ0v) is 12.6. The molecule has 0 radical (unpaired) electrons. The summed E-state index contributed by atoms with van der Waals surface area (Å²) in [5.74, 6) is -0.247. The van der Waals surface area contributed by atoms with Gasteiger partial charge in [0, 0.05) is 10.7 Å². The highest BCUT2D eigenvalue weighted by Gasteiger charge is 2.10. The van der Waals surface area contributed by atoms with Gasteiger partial charge in [-0.05, 0) is 61.5 Å². The Morgan fingerprint density at radius 3 is 2.60 bits per heavy atom. The van der Waals surface area contributed by atoms with Crippen molar-refractivity contribution in [1.82, 2.24) is 9.55 Å². The highest BCUT2D eigenvalue weighted by Crippen LogP contribution is 2.25. The average Bonchev–Trinajstić information content (AvgIpc) is 2.69. The first-order valence-electron chi connectivity index (χ1n) is 6.15. The highest BCUT2D eigenvalue weighted by atomic mass is 35.5. The Labute approximate surface area is 125 Å². The minimum atomic E-state index is -0.247. The van der Waals surface area contributed by atoms with Gasteiger partial charge in [0.25, 0.3) is 0 Å². The predicted octanol–water partition coefficient (Wildman–Crippen LogP) is 5.10. The molecule has 1 N–H and O–H groups in total. The van der Waals surface area contributed by atoms with E-state index in [9.17, 15) is 4.39 Å². The molecule has 0 aliphatic rings. The summed E-state index contributed by atoms with van der Waals surface area (Å²) in [5, 5.41) is 0.678. The Morgan fingerprint density at radius 2 is 1.90 bits per heavy atom. The van der Waals surface area contributed by atoms with Crippen molar-refractivity contribution in [3.05, 3.63) is 57.1 Å². The van der Waals surface area contributed by atoms with Crippen LogP contribution in [0.2, 0.25) is 5.02 Å². The summed E-state index contributed by atoms with van der Waals surface area (Å²) in [6.45, 7) is 3.68. The maximum Gasteiger partial charge on any atom is 0.182 e. The Balaban J connectivity index is 2.35. The number of nitrogens with zero attached hydrogens (tertiary/aromatic N) is 1. The van der Waals surface area contributed by atoms with E-state index in [0.29, 0.717) is 20.9 Å².